The highest BCUT2D eigenvalue weighted by Gasteiger charge is 2.71. The Balaban J connectivity index is 2.09. The van der Waals surface area contributed by atoms with Crippen LogP contribution in [0.3, 0.4) is 0 Å². The molecular weight excluding hydrogens is 412 g/mol. The van der Waals surface area contributed by atoms with E-state index < -0.39 is 45.8 Å². The zero-order valence-corrected chi connectivity index (χ0v) is 16.9. The van der Waals surface area contributed by atoms with Gasteiger partial charge in [-0.15, -0.1) is 0 Å². The van der Waals surface area contributed by atoms with E-state index in [0.29, 0.717) is 11.1 Å². The number of cyclic esters (lactones) is 2. The van der Waals surface area contributed by atoms with Crippen molar-refractivity contribution in [3.8, 4) is 0 Å². The van der Waals surface area contributed by atoms with E-state index in [2.05, 4.69) is 0 Å². The fourth-order valence-electron chi connectivity index (χ4n) is 4.49. The minimum absolute atomic E-state index is 0.0522. The Labute approximate surface area is 182 Å². The molecule has 0 atom stereocenters. The maximum absolute atomic E-state index is 13.1. The van der Waals surface area contributed by atoms with Crippen LogP contribution < -0.4 is 0 Å². The van der Waals surface area contributed by atoms with Gasteiger partial charge in [0.1, 0.15) is 0 Å². The topological polar surface area (TPSA) is 118 Å². The summed E-state index contributed by atoms with van der Waals surface area (Å²) in [4.78, 5) is 49.6. The molecule has 0 spiro atoms. The van der Waals surface area contributed by atoms with Gasteiger partial charge < -0.3 is 14.9 Å². The molecule has 0 radical (unpaired) electrons. The average molecular weight is 430 g/mol. The Morgan fingerprint density at radius 3 is 1.62 bits per heavy atom. The van der Waals surface area contributed by atoms with Crippen molar-refractivity contribution in [1.29, 1.82) is 0 Å². The summed E-state index contributed by atoms with van der Waals surface area (Å²) in [5.41, 5.74) is -2.83. The van der Waals surface area contributed by atoms with E-state index in [9.17, 15) is 29.4 Å². The number of benzene rings is 3. The van der Waals surface area contributed by atoms with Gasteiger partial charge in [-0.25, -0.2) is 19.2 Å². The lowest BCUT2D eigenvalue weighted by Gasteiger charge is -2.50. The summed E-state index contributed by atoms with van der Waals surface area (Å²) in [5.74, 6) is -4.59. The third-order valence-corrected chi connectivity index (χ3v) is 6.16. The molecule has 7 nitrogen and oxygen atoms in total. The van der Waals surface area contributed by atoms with Gasteiger partial charge in [-0.2, -0.15) is 0 Å². The Kier molecular flexibility index (Phi) is 4.89. The van der Waals surface area contributed by atoms with Gasteiger partial charge in [-0.3, -0.25) is 0 Å². The first-order chi connectivity index (χ1) is 15.2. The van der Waals surface area contributed by atoms with Gasteiger partial charge in [0.25, 0.3) is 0 Å². The number of ether oxygens (including phenoxy) is 1. The Morgan fingerprint density at radius 2 is 1.22 bits per heavy atom. The van der Waals surface area contributed by atoms with E-state index in [-0.39, 0.29) is 5.56 Å². The zero-order chi connectivity index (χ0) is 23.1. The molecule has 1 heterocycles. The molecule has 7 heteroatoms. The monoisotopic (exact) mass is 430 g/mol. The number of rotatable bonds is 6. The van der Waals surface area contributed by atoms with Crippen molar-refractivity contribution < 1.29 is 34.1 Å². The van der Waals surface area contributed by atoms with E-state index in [4.69, 9.17) is 4.74 Å². The fourth-order valence-corrected chi connectivity index (χ4v) is 4.49. The minimum Gasteiger partial charge on any atom is -0.478 e. The van der Waals surface area contributed by atoms with Gasteiger partial charge in [-0.05, 0) is 35.7 Å². The van der Waals surface area contributed by atoms with Gasteiger partial charge in [0, 0.05) is 5.41 Å². The second-order valence-electron chi connectivity index (χ2n) is 7.65. The molecule has 0 bridgehead atoms. The summed E-state index contributed by atoms with van der Waals surface area (Å²) in [6.07, 6.45) is 0. The lowest BCUT2D eigenvalue weighted by Crippen LogP contribution is -2.67. The van der Waals surface area contributed by atoms with Crippen LogP contribution in [0.2, 0.25) is 0 Å². The number of carboxylic acids is 2. The molecule has 3 aromatic carbocycles. The van der Waals surface area contributed by atoms with Crippen molar-refractivity contribution in [2.24, 2.45) is 0 Å². The van der Waals surface area contributed by atoms with Gasteiger partial charge in [-0.1, -0.05) is 66.7 Å². The molecule has 3 aromatic rings. The van der Waals surface area contributed by atoms with E-state index in [1.165, 1.54) is 6.07 Å². The molecule has 0 amide bonds. The second kappa shape index (κ2) is 7.46. The van der Waals surface area contributed by atoms with E-state index in [1.54, 1.807) is 67.6 Å². The minimum atomic E-state index is -1.91. The molecule has 0 saturated carbocycles. The summed E-state index contributed by atoms with van der Waals surface area (Å²) >= 11 is 0. The smallest absolute Gasteiger partial charge is 0.337 e. The lowest BCUT2D eigenvalue weighted by atomic mass is 9.53. The Hall–Kier alpha value is -4.26. The average Bonchev–Trinajstić information content (AvgIpc) is 2.80. The molecule has 4 rings (SSSR count). The van der Waals surface area contributed by atoms with Crippen molar-refractivity contribution in [3.05, 3.63) is 107 Å². The van der Waals surface area contributed by atoms with Crippen LogP contribution in [0.4, 0.5) is 0 Å². The number of carboxylic acid groups (broad SMARTS) is 2. The largest absolute Gasteiger partial charge is 0.478 e. The molecule has 1 aliphatic heterocycles. The van der Waals surface area contributed by atoms with Crippen LogP contribution in [-0.2, 0) is 25.2 Å². The van der Waals surface area contributed by atoms with E-state index in [0.717, 1.165) is 12.1 Å². The van der Waals surface area contributed by atoms with Crippen LogP contribution in [-0.4, -0.2) is 34.1 Å². The molecule has 1 fully saturated rings. The first kappa shape index (κ1) is 21.0. The van der Waals surface area contributed by atoms with E-state index in [1.807, 2.05) is 0 Å². The zero-order valence-electron chi connectivity index (χ0n) is 16.9. The summed E-state index contributed by atoms with van der Waals surface area (Å²) in [5, 5.41) is 19.0. The highest BCUT2D eigenvalue weighted by atomic mass is 16.6. The van der Waals surface area contributed by atoms with Crippen molar-refractivity contribution in [3.63, 3.8) is 0 Å². The third kappa shape index (κ3) is 2.75. The lowest BCUT2D eigenvalue weighted by molar-refractivity contribution is -0.192. The molecule has 32 heavy (non-hydrogen) atoms. The summed E-state index contributed by atoms with van der Waals surface area (Å²) in [6.45, 7) is 1.72. The number of esters is 2. The molecule has 0 aromatic heterocycles. The SMILES string of the molecule is CC(c1ccccc1)(c1ccccc1)C1(c2ccc(C(=O)O)c(C(=O)O)c2)C(=O)OC1=O. The van der Waals surface area contributed by atoms with Crippen molar-refractivity contribution in [2.45, 2.75) is 17.8 Å². The van der Waals surface area contributed by atoms with Gasteiger partial charge in [0.05, 0.1) is 11.1 Å². The van der Waals surface area contributed by atoms with Crippen LogP contribution >= 0.6 is 0 Å². The van der Waals surface area contributed by atoms with E-state index >= 15 is 0 Å². The Morgan fingerprint density at radius 1 is 0.750 bits per heavy atom. The predicted molar refractivity (Wildman–Crippen MR) is 112 cm³/mol. The highest BCUT2D eigenvalue weighted by molar-refractivity contribution is 6.21. The summed E-state index contributed by atoms with van der Waals surface area (Å²) in [6, 6.07) is 21.3. The number of carbonyl (C=O) groups excluding carboxylic acids is 2. The number of hydrogen-bond donors (Lipinski definition) is 2. The standard InChI is InChI=1S/C25H18O7/c1-24(15-8-4-2-5-9-15,16-10-6-3-7-11-16)25(22(30)32-23(25)31)17-12-13-18(20(26)27)19(14-17)21(28)29/h2-14H,1H3,(H,26,27)(H,28,29). The van der Waals surface area contributed by atoms with Crippen LogP contribution in [0, 0.1) is 0 Å². The predicted octanol–water partition coefficient (Wildman–Crippen LogP) is 3.41. The van der Waals surface area contributed by atoms with Gasteiger partial charge in [0.2, 0.25) is 5.41 Å². The quantitative estimate of drug-likeness (QED) is 0.454. The van der Waals surface area contributed by atoms with Crippen LogP contribution in [0.1, 0.15) is 44.3 Å². The van der Waals surface area contributed by atoms with Crippen LogP contribution in [0.5, 0.6) is 0 Å². The maximum atomic E-state index is 13.1. The molecule has 160 valence electrons. The fraction of sp³-hybridized carbons (Fsp3) is 0.120. The van der Waals surface area contributed by atoms with Crippen LogP contribution in [0.15, 0.2) is 78.9 Å². The molecule has 1 saturated heterocycles. The van der Waals surface area contributed by atoms with Crippen molar-refractivity contribution in [1.82, 2.24) is 0 Å². The molecule has 1 aliphatic rings. The number of hydrogen-bond acceptors (Lipinski definition) is 5. The third-order valence-electron chi connectivity index (χ3n) is 6.16. The Bertz CT molecular complexity index is 1190. The maximum Gasteiger partial charge on any atom is 0.337 e. The molecule has 2 N–H and O–H groups in total. The molecular formula is C25H18O7. The van der Waals surface area contributed by atoms with Gasteiger partial charge >= 0.3 is 23.9 Å². The normalized spacial score (nSPS) is 14.9. The van der Waals surface area contributed by atoms with Gasteiger partial charge in [0.15, 0.2) is 0 Å². The van der Waals surface area contributed by atoms with Crippen molar-refractivity contribution in [2.75, 3.05) is 0 Å². The highest BCUT2D eigenvalue weighted by Crippen LogP contribution is 2.54. The van der Waals surface area contributed by atoms with Crippen LogP contribution in [0.25, 0.3) is 0 Å². The first-order valence-corrected chi connectivity index (χ1v) is 9.73. The number of carbonyl (C=O) groups is 4. The first-order valence-electron chi connectivity index (χ1n) is 9.73. The number of aromatic carboxylic acids is 2. The molecule has 0 aliphatic carbocycles. The second-order valence-corrected chi connectivity index (χ2v) is 7.65. The summed E-state index contributed by atoms with van der Waals surface area (Å²) in [7, 11) is 0. The summed E-state index contributed by atoms with van der Waals surface area (Å²) < 4.78 is 4.83. The van der Waals surface area contributed by atoms with Crippen molar-refractivity contribution >= 4 is 23.9 Å². The molecule has 0 unspecified atom stereocenters.